The summed E-state index contributed by atoms with van der Waals surface area (Å²) in [7, 11) is 0. The number of carbonyl (C=O) groups excluding carboxylic acids is 1. The van der Waals surface area contributed by atoms with Crippen molar-refractivity contribution in [2.75, 3.05) is 6.54 Å². The zero-order valence-corrected chi connectivity index (χ0v) is 13.1. The van der Waals surface area contributed by atoms with Crippen LogP contribution in [-0.2, 0) is 24.3 Å². The van der Waals surface area contributed by atoms with Gasteiger partial charge in [-0.25, -0.2) is 9.97 Å². The van der Waals surface area contributed by atoms with Gasteiger partial charge in [0, 0.05) is 25.9 Å². The molecule has 1 amide bonds. The molecule has 7 heteroatoms. The van der Waals surface area contributed by atoms with Crippen LogP contribution in [0.5, 0.6) is 0 Å². The Morgan fingerprint density at radius 2 is 2.12 bits per heavy atom. The van der Waals surface area contributed by atoms with Gasteiger partial charge in [0.25, 0.3) is 5.56 Å². The molecule has 1 aliphatic heterocycles. The molecule has 4 rings (SSSR count). The van der Waals surface area contributed by atoms with E-state index < -0.39 is 0 Å². The first-order chi connectivity index (χ1) is 11.7. The molecule has 0 radical (unpaired) electrons. The normalized spacial score (nSPS) is 13.9. The SMILES string of the molecule is O=C(CCn1cnc2ccccc2c1=O)N1CCc2nc[nH]c2C1. The van der Waals surface area contributed by atoms with E-state index in [9.17, 15) is 9.59 Å². The molecule has 1 N–H and O–H groups in total. The first kappa shape index (κ1) is 14.6. The highest BCUT2D eigenvalue weighted by molar-refractivity contribution is 5.77. The number of amides is 1. The molecular weight excluding hydrogens is 306 g/mol. The summed E-state index contributed by atoms with van der Waals surface area (Å²) >= 11 is 0. The highest BCUT2D eigenvalue weighted by Crippen LogP contribution is 2.15. The fourth-order valence-electron chi connectivity index (χ4n) is 3.06. The molecule has 0 spiro atoms. The highest BCUT2D eigenvalue weighted by Gasteiger charge is 2.22. The van der Waals surface area contributed by atoms with E-state index in [1.54, 1.807) is 17.3 Å². The van der Waals surface area contributed by atoms with Crippen LogP contribution in [0.2, 0.25) is 0 Å². The lowest BCUT2D eigenvalue weighted by Gasteiger charge is -2.26. The van der Waals surface area contributed by atoms with Crippen molar-refractivity contribution in [1.82, 2.24) is 24.4 Å². The second kappa shape index (κ2) is 5.92. The Hall–Kier alpha value is -2.96. The Kier molecular flexibility index (Phi) is 3.60. The van der Waals surface area contributed by atoms with Crippen molar-refractivity contribution >= 4 is 16.8 Å². The van der Waals surface area contributed by atoms with Gasteiger partial charge in [0.05, 0.1) is 41.5 Å². The van der Waals surface area contributed by atoms with Gasteiger partial charge < -0.3 is 9.88 Å². The standard InChI is InChI=1S/C17H17N5O2/c23-16(21-7-5-14-15(9-21)19-10-18-14)6-8-22-11-20-13-4-2-1-3-12(13)17(22)24/h1-4,10-11H,5-9H2,(H,18,19). The summed E-state index contributed by atoms with van der Waals surface area (Å²) in [5, 5.41) is 0.576. The molecule has 122 valence electrons. The molecule has 2 aromatic heterocycles. The van der Waals surface area contributed by atoms with E-state index in [2.05, 4.69) is 15.0 Å². The molecule has 0 fully saturated rings. The van der Waals surface area contributed by atoms with E-state index in [1.165, 1.54) is 10.9 Å². The number of para-hydroxylation sites is 1. The summed E-state index contributed by atoms with van der Waals surface area (Å²) < 4.78 is 1.51. The van der Waals surface area contributed by atoms with Crippen molar-refractivity contribution in [3.05, 3.63) is 58.7 Å². The van der Waals surface area contributed by atoms with Crippen LogP contribution in [0.15, 0.2) is 41.7 Å². The fourth-order valence-corrected chi connectivity index (χ4v) is 3.06. The number of aromatic amines is 1. The Labute approximate surface area is 138 Å². The summed E-state index contributed by atoms with van der Waals surface area (Å²) in [4.78, 5) is 38.3. The number of nitrogens with zero attached hydrogens (tertiary/aromatic N) is 4. The number of H-pyrrole nitrogens is 1. The Balaban J connectivity index is 1.46. The molecule has 7 nitrogen and oxygen atoms in total. The minimum absolute atomic E-state index is 0.0373. The van der Waals surface area contributed by atoms with E-state index in [0.29, 0.717) is 30.5 Å². The maximum absolute atomic E-state index is 12.4. The lowest BCUT2D eigenvalue weighted by atomic mass is 10.1. The quantitative estimate of drug-likeness (QED) is 0.782. The molecule has 24 heavy (non-hydrogen) atoms. The minimum atomic E-state index is -0.108. The maximum Gasteiger partial charge on any atom is 0.261 e. The third-order valence-electron chi connectivity index (χ3n) is 4.43. The van der Waals surface area contributed by atoms with Crippen LogP contribution in [0.4, 0.5) is 0 Å². The second-order valence-corrected chi connectivity index (χ2v) is 5.90. The molecule has 0 saturated heterocycles. The largest absolute Gasteiger partial charge is 0.347 e. The van der Waals surface area contributed by atoms with Crippen molar-refractivity contribution in [2.24, 2.45) is 0 Å². The van der Waals surface area contributed by atoms with Crippen LogP contribution in [0.3, 0.4) is 0 Å². The van der Waals surface area contributed by atoms with Crippen molar-refractivity contribution in [3.63, 3.8) is 0 Å². The van der Waals surface area contributed by atoms with Crippen LogP contribution in [-0.4, -0.2) is 36.9 Å². The molecule has 0 saturated carbocycles. The maximum atomic E-state index is 12.4. The third kappa shape index (κ3) is 2.58. The van der Waals surface area contributed by atoms with Gasteiger partial charge in [0.1, 0.15) is 0 Å². The molecule has 0 unspecified atom stereocenters. The molecule has 3 heterocycles. The first-order valence-corrected chi connectivity index (χ1v) is 7.95. The van der Waals surface area contributed by atoms with Crippen molar-refractivity contribution in [1.29, 1.82) is 0 Å². The van der Waals surface area contributed by atoms with Gasteiger partial charge in [0.2, 0.25) is 5.91 Å². The number of aryl methyl sites for hydroxylation is 1. The fraction of sp³-hybridized carbons (Fsp3) is 0.294. The van der Waals surface area contributed by atoms with E-state index in [1.807, 2.05) is 18.2 Å². The molecular formula is C17H17N5O2. The second-order valence-electron chi connectivity index (χ2n) is 5.90. The van der Waals surface area contributed by atoms with Crippen LogP contribution in [0.25, 0.3) is 10.9 Å². The van der Waals surface area contributed by atoms with E-state index in [-0.39, 0.29) is 17.9 Å². The number of fused-ring (bicyclic) bond motifs is 2. The number of carbonyl (C=O) groups is 1. The molecule has 1 aliphatic rings. The average molecular weight is 323 g/mol. The lowest BCUT2D eigenvalue weighted by Crippen LogP contribution is -2.37. The van der Waals surface area contributed by atoms with Crippen LogP contribution in [0.1, 0.15) is 17.8 Å². The zero-order valence-electron chi connectivity index (χ0n) is 13.1. The summed E-state index contributed by atoms with van der Waals surface area (Å²) in [6, 6.07) is 7.23. The topological polar surface area (TPSA) is 83.9 Å². The smallest absolute Gasteiger partial charge is 0.261 e. The Morgan fingerprint density at radius 1 is 1.25 bits per heavy atom. The van der Waals surface area contributed by atoms with E-state index in [0.717, 1.165) is 17.8 Å². The number of hydrogen-bond acceptors (Lipinski definition) is 4. The number of nitrogens with one attached hydrogen (secondary N) is 1. The van der Waals surface area contributed by atoms with Gasteiger partial charge in [-0.3, -0.25) is 14.2 Å². The number of rotatable bonds is 3. The monoisotopic (exact) mass is 323 g/mol. The molecule has 0 bridgehead atoms. The van der Waals surface area contributed by atoms with Gasteiger partial charge in [-0.1, -0.05) is 12.1 Å². The molecule has 0 atom stereocenters. The minimum Gasteiger partial charge on any atom is -0.347 e. The van der Waals surface area contributed by atoms with E-state index in [4.69, 9.17) is 0 Å². The van der Waals surface area contributed by atoms with Crippen molar-refractivity contribution < 1.29 is 4.79 Å². The number of hydrogen-bond donors (Lipinski definition) is 1. The Bertz CT molecular complexity index is 959. The molecule has 3 aromatic rings. The van der Waals surface area contributed by atoms with Gasteiger partial charge >= 0.3 is 0 Å². The molecule has 0 aliphatic carbocycles. The number of imidazole rings is 1. The van der Waals surface area contributed by atoms with E-state index >= 15 is 0 Å². The number of benzene rings is 1. The van der Waals surface area contributed by atoms with Gasteiger partial charge in [0.15, 0.2) is 0 Å². The summed E-state index contributed by atoms with van der Waals surface area (Å²) in [6.07, 6.45) is 4.23. The van der Waals surface area contributed by atoms with Crippen molar-refractivity contribution in [3.8, 4) is 0 Å². The predicted molar refractivity (Wildman–Crippen MR) is 88.3 cm³/mol. The van der Waals surface area contributed by atoms with Crippen LogP contribution < -0.4 is 5.56 Å². The molecule has 1 aromatic carbocycles. The highest BCUT2D eigenvalue weighted by atomic mass is 16.2. The third-order valence-corrected chi connectivity index (χ3v) is 4.43. The summed E-state index contributed by atoms with van der Waals surface area (Å²) in [5.74, 6) is 0.0373. The van der Waals surface area contributed by atoms with Gasteiger partial charge in [-0.05, 0) is 12.1 Å². The van der Waals surface area contributed by atoms with Gasteiger partial charge in [-0.2, -0.15) is 0 Å². The number of aromatic nitrogens is 4. The van der Waals surface area contributed by atoms with Crippen molar-refractivity contribution in [2.45, 2.75) is 25.9 Å². The Morgan fingerprint density at radius 3 is 3.04 bits per heavy atom. The average Bonchev–Trinajstić information content (AvgIpc) is 3.09. The summed E-state index contributed by atoms with van der Waals surface area (Å²) in [6.45, 7) is 1.56. The van der Waals surface area contributed by atoms with Crippen LogP contribution in [0, 0.1) is 0 Å². The zero-order chi connectivity index (χ0) is 16.5. The predicted octanol–water partition coefficient (Wildman–Crippen LogP) is 1.09. The van der Waals surface area contributed by atoms with Crippen LogP contribution >= 0.6 is 0 Å². The summed E-state index contributed by atoms with van der Waals surface area (Å²) in [5.41, 5.74) is 2.60. The lowest BCUT2D eigenvalue weighted by molar-refractivity contribution is -0.132. The van der Waals surface area contributed by atoms with Gasteiger partial charge in [-0.15, -0.1) is 0 Å². The first-order valence-electron chi connectivity index (χ1n) is 7.95.